The van der Waals surface area contributed by atoms with Crippen molar-refractivity contribution in [1.29, 1.82) is 0 Å². The van der Waals surface area contributed by atoms with E-state index in [1.165, 1.54) is 0 Å². The van der Waals surface area contributed by atoms with Gasteiger partial charge in [-0.2, -0.15) is 0 Å². The first-order valence-electron chi connectivity index (χ1n) is 7.39. The average Bonchev–Trinajstić information content (AvgIpc) is 2.46. The number of nitrogens with zero attached hydrogens (tertiary/aromatic N) is 3. The summed E-state index contributed by atoms with van der Waals surface area (Å²) in [6.45, 7) is 6.22. The van der Waals surface area contributed by atoms with Gasteiger partial charge in [-0.3, -0.25) is 0 Å². The third kappa shape index (κ3) is 2.48. The van der Waals surface area contributed by atoms with Crippen LogP contribution < -0.4 is 10.6 Å². The highest BCUT2D eigenvalue weighted by Crippen LogP contribution is 2.26. The van der Waals surface area contributed by atoms with Gasteiger partial charge in [-0.15, -0.1) is 0 Å². The van der Waals surface area contributed by atoms with Crippen molar-refractivity contribution >= 4 is 16.9 Å². The molecule has 1 aromatic heterocycles. The van der Waals surface area contributed by atoms with Crippen LogP contribution in [0, 0.1) is 12.8 Å². The SMILES string of the molecule is Cc1nc2ccccc2nc1N1CCC(C(C)N)CC1. The van der Waals surface area contributed by atoms with E-state index >= 15 is 0 Å². The van der Waals surface area contributed by atoms with Crippen molar-refractivity contribution in [2.75, 3.05) is 18.0 Å². The number of benzene rings is 1. The third-order valence-electron chi connectivity index (χ3n) is 4.30. The van der Waals surface area contributed by atoms with Crippen LogP contribution >= 0.6 is 0 Å². The summed E-state index contributed by atoms with van der Waals surface area (Å²) in [6.07, 6.45) is 2.29. The van der Waals surface area contributed by atoms with Crippen molar-refractivity contribution in [3.05, 3.63) is 30.0 Å². The topological polar surface area (TPSA) is 55.0 Å². The molecule has 1 unspecified atom stereocenters. The second kappa shape index (κ2) is 5.37. The molecule has 0 amide bonds. The van der Waals surface area contributed by atoms with Gasteiger partial charge in [0.2, 0.25) is 0 Å². The first-order valence-corrected chi connectivity index (χ1v) is 7.39. The van der Waals surface area contributed by atoms with E-state index in [2.05, 4.69) is 16.8 Å². The number of rotatable bonds is 2. The largest absolute Gasteiger partial charge is 0.355 e. The molecule has 2 N–H and O–H groups in total. The minimum absolute atomic E-state index is 0.293. The summed E-state index contributed by atoms with van der Waals surface area (Å²) in [5.74, 6) is 1.67. The van der Waals surface area contributed by atoms with Gasteiger partial charge in [0.15, 0.2) is 5.82 Å². The summed E-state index contributed by atoms with van der Waals surface area (Å²) in [4.78, 5) is 11.8. The van der Waals surface area contributed by atoms with Gasteiger partial charge in [0.1, 0.15) is 0 Å². The zero-order valence-corrected chi connectivity index (χ0v) is 12.2. The number of aromatic nitrogens is 2. The number of aryl methyl sites for hydroxylation is 1. The smallest absolute Gasteiger partial charge is 0.150 e. The zero-order valence-electron chi connectivity index (χ0n) is 12.2. The van der Waals surface area contributed by atoms with E-state index in [0.717, 1.165) is 48.5 Å². The Bertz CT molecular complexity index is 600. The van der Waals surface area contributed by atoms with Gasteiger partial charge in [-0.25, -0.2) is 9.97 Å². The molecule has 2 aromatic rings. The zero-order chi connectivity index (χ0) is 14.1. The number of para-hydroxylation sites is 2. The molecule has 1 atom stereocenters. The van der Waals surface area contributed by atoms with Crippen LogP contribution in [0.4, 0.5) is 5.82 Å². The van der Waals surface area contributed by atoms with Gasteiger partial charge in [0.25, 0.3) is 0 Å². The van der Waals surface area contributed by atoms with E-state index in [0.29, 0.717) is 12.0 Å². The predicted octanol–water partition coefficient (Wildman–Crippen LogP) is 2.50. The molecule has 106 valence electrons. The lowest BCUT2D eigenvalue weighted by molar-refractivity contribution is 0.353. The van der Waals surface area contributed by atoms with Crippen molar-refractivity contribution < 1.29 is 0 Å². The van der Waals surface area contributed by atoms with E-state index in [1.54, 1.807) is 0 Å². The van der Waals surface area contributed by atoms with Gasteiger partial charge in [0.05, 0.1) is 16.7 Å². The molecule has 4 heteroatoms. The summed E-state index contributed by atoms with van der Waals surface area (Å²) >= 11 is 0. The number of hydrogen-bond donors (Lipinski definition) is 1. The highest BCUT2D eigenvalue weighted by atomic mass is 15.2. The molecule has 20 heavy (non-hydrogen) atoms. The lowest BCUT2D eigenvalue weighted by Gasteiger charge is -2.35. The van der Waals surface area contributed by atoms with E-state index in [-0.39, 0.29) is 0 Å². The van der Waals surface area contributed by atoms with Crippen LogP contribution in [0.1, 0.15) is 25.5 Å². The number of fused-ring (bicyclic) bond motifs is 1. The van der Waals surface area contributed by atoms with Crippen LogP contribution in [0.2, 0.25) is 0 Å². The standard InChI is InChI=1S/C16H22N4/c1-11(17)13-7-9-20(10-8-13)16-12(2)18-14-5-3-4-6-15(14)19-16/h3-6,11,13H,7-10,17H2,1-2H3. The van der Waals surface area contributed by atoms with Crippen molar-refractivity contribution in [3.8, 4) is 0 Å². The van der Waals surface area contributed by atoms with Gasteiger partial charge >= 0.3 is 0 Å². The van der Waals surface area contributed by atoms with E-state index < -0.39 is 0 Å². The third-order valence-corrected chi connectivity index (χ3v) is 4.30. The Labute approximate surface area is 120 Å². The van der Waals surface area contributed by atoms with Crippen LogP contribution in [0.5, 0.6) is 0 Å². The van der Waals surface area contributed by atoms with Crippen LogP contribution in [-0.2, 0) is 0 Å². The quantitative estimate of drug-likeness (QED) is 0.911. The first kappa shape index (κ1) is 13.3. The van der Waals surface area contributed by atoms with Crippen molar-refractivity contribution in [1.82, 2.24) is 9.97 Å². The molecule has 0 spiro atoms. The fraction of sp³-hybridized carbons (Fsp3) is 0.500. The fourth-order valence-corrected chi connectivity index (χ4v) is 3.02. The van der Waals surface area contributed by atoms with Crippen LogP contribution in [-0.4, -0.2) is 29.1 Å². The van der Waals surface area contributed by atoms with Crippen molar-refractivity contribution in [3.63, 3.8) is 0 Å². The Morgan fingerprint density at radius 3 is 2.35 bits per heavy atom. The molecule has 0 bridgehead atoms. The summed E-state index contributed by atoms with van der Waals surface area (Å²) < 4.78 is 0. The summed E-state index contributed by atoms with van der Waals surface area (Å²) in [6, 6.07) is 8.35. The van der Waals surface area contributed by atoms with E-state index in [9.17, 15) is 0 Å². The summed E-state index contributed by atoms with van der Waals surface area (Å²) in [5.41, 5.74) is 8.97. The molecular formula is C16H22N4. The van der Waals surface area contributed by atoms with Gasteiger partial charge in [-0.1, -0.05) is 12.1 Å². The normalized spacial score (nSPS) is 18.4. The highest BCUT2D eigenvalue weighted by Gasteiger charge is 2.24. The monoisotopic (exact) mass is 270 g/mol. The summed E-state index contributed by atoms with van der Waals surface area (Å²) in [5, 5.41) is 0. The van der Waals surface area contributed by atoms with Crippen molar-refractivity contribution in [2.24, 2.45) is 11.7 Å². The average molecular weight is 270 g/mol. The lowest BCUT2D eigenvalue weighted by Crippen LogP contribution is -2.40. The predicted molar refractivity (Wildman–Crippen MR) is 82.9 cm³/mol. The molecule has 1 aliphatic rings. The Hall–Kier alpha value is -1.68. The second-order valence-corrected chi connectivity index (χ2v) is 5.80. The molecule has 2 heterocycles. The maximum absolute atomic E-state index is 6.01. The Morgan fingerprint density at radius 2 is 1.75 bits per heavy atom. The molecule has 4 nitrogen and oxygen atoms in total. The van der Waals surface area contributed by atoms with Crippen LogP contribution in [0.3, 0.4) is 0 Å². The Kier molecular flexibility index (Phi) is 3.57. The number of hydrogen-bond acceptors (Lipinski definition) is 4. The van der Waals surface area contributed by atoms with Crippen LogP contribution in [0.15, 0.2) is 24.3 Å². The lowest BCUT2D eigenvalue weighted by atomic mass is 9.91. The summed E-state index contributed by atoms with van der Waals surface area (Å²) in [7, 11) is 0. The molecule has 1 aliphatic heterocycles. The van der Waals surface area contributed by atoms with Crippen LogP contribution in [0.25, 0.3) is 11.0 Å². The minimum atomic E-state index is 0.293. The molecule has 3 rings (SSSR count). The number of piperidine rings is 1. The molecule has 0 radical (unpaired) electrons. The van der Waals surface area contributed by atoms with Crippen molar-refractivity contribution in [2.45, 2.75) is 32.7 Å². The molecular weight excluding hydrogens is 248 g/mol. The highest BCUT2D eigenvalue weighted by molar-refractivity contribution is 5.76. The van der Waals surface area contributed by atoms with Gasteiger partial charge in [-0.05, 0) is 44.7 Å². The maximum atomic E-state index is 6.01. The molecule has 1 fully saturated rings. The van der Waals surface area contributed by atoms with Gasteiger partial charge in [0, 0.05) is 19.1 Å². The Balaban J connectivity index is 1.86. The minimum Gasteiger partial charge on any atom is -0.355 e. The molecule has 0 aliphatic carbocycles. The molecule has 1 aromatic carbocycles. The van der Waals surface area contributed by atoms with E-state index in [1.807, 2.05) is 31.2 Å². The number of anilines is 1. The van der Waals surface area contributed by atoms with E-state index in [4.69, 9.17) is 10.7 Å². The fourth-order valence-electron chi connectivity index (χ4n) is 3.02. The molecule has 1 saturated heterocycles. The maximum Gasteiger partial charge on any atom is 0.150 e. The second-order valence-electron chi connectivity index (χ2n) is 5.80. The van der Waals surface area contributed by atoms with Gasteiger partial charge < -0.3 is 10.6 Å². The first-order chi connectivity index (χ1) is 9.65. The molecule has 0 saturated carbocycles. The Morgan fingerprint density at radius 1 is 1.15 bits per heavy atom. The number of nitrogens with two attached hydrogens (primary N) is 1.